The minimum absolute atomic E-state index is 0.118. The third-order valence-corrected chi connectivity index (χ3v) is 3.65. The molecule has 1 fully saturated rings. The van der Waals surface area contributed by atoms with Crippen LogP contribution in [-0.2, 0) is 0 Å². The van der Waals surface area contributed by atoms with Crippen molar-refractivity contribution in [2.24, 2.45) is 0 Å². The van der Waals surface area contributed by atoms with Crippen molar-refractivity contribution in [2.75, 3.05) is 0 Å². The highest BCUT2D eigenvalue weighted by atomic mass is 79.9. The molecule has 0 aliphatic heterocycles. The molecule has 2 unspecified atom stereocenters. The van der Waals surface area contributed by atoms with Crippen LogP contribution in [0.1, 0.15) is 42.6 Å². The van der Waals surface area contributed by atoms with Crippen molar-refractivity contribution in [3.05, 3.63) is 22.4 Å². The van der Waals surface area contributed by atoms with Crippen molar-refractivity contribution in [1.82, 2.24) is 10.3 Å². The summed E-state index contributed by atoms with van der Waals surface area (Å²) in [5.41, 5.74) is 0.522. The van der Waals surface area contributed by atoms with Crippen molar-refractivity contribution >= 4 is 21.8 Å². The van der Waals surface area contributed by atoms with Gasteiger partial charge in [-0.2, -0.15) is 0 Å². The van der Waals surface area contributed by atoms with Gasteiger partial charge in [0, 0.05) is 10.7 Å². The predicted molar refractivity (Wildman–Crippen MR) is 68.8 cm³/mol. The molecule has 3 N–H and O–H groups in total. The summed E-state index contributed by atoms with van der Waals surface area (Å²) in [6, 6.07) is 1.62. The van der Waals surface area contributed by atoms with Gasteiger partial charge in [0.1, 0.15) is 5.69 Å². The van der Waals surface area contributed by atoms with E-state index in [-0.39, 0.29) is 11.9 Å². The fraction of sp³-hybridized carbons (Fsp3) is 0.583. The van der Waals surface area contributed by atoms with Crippen LogP contribution in [0.15, 0.2) is 16.7 Å². The van der Waals surface area contributed by atoms with Crippen molar-refractivity contribution in [3.8, 4) is 0 Å². The zero-order valence-electron chi connectivity index (χ0n) is 9.58. The number of H-pyrrole nitrogens is 1. The minimum atomic E-state index is -0.417. The molecule has 1 saturated carbocycles. The Labute approximate surface area is 109 Å². The van der Waals surface area contributed by atoms with E-state index in [4.69, 9.17) is 0 Å². The van der Waals surface area contributed by atoms with Gasteiger partial charge >= 0.3 is 0 Å². The van der Waals surface area contributed by atoms with E-state index in [0.717, 1.165) is 36.6 Å². The number of rotatable bonds is 2. The molecule has 0 saturated heterocycles. The molecule has 1 aliphatic rings. The first-order chi connectivity index (χ1) is 8.16. The fourth-order valence-electron chi connectivity index (χ4n) is 2.20. The van der Waals surface area contributed by atoms with Gasteiger partial charge in [-0.15, -0.1) is 0 Å². The normalized spacial score (nSPS) is 25.3. The van der Waals surface area contributed by atoms with Gasteiger partial charge in [0.2, 0.25) is 0 Å². The maximum absolute atomic E-state index is 11.9. The minimum Gasteiger partial charge on any atom is -0.391 e. The zero-order valence-corrected chi connectivity index (χ0v) is 11.2. The molecular formula is C12H17BrN2O2. The van der Waals surface area contributed by atoms with Crippen molar-refractivity contribution in [2.45, 2.75) is 44.2 Å². The van der Waals surface area contributed by atoms with Crippen LogP contribution in [-0.4, -0.2) is 28.1 Å². The van der Waals surface area contributed by atoms with E-state index in [2.05, 4.69) is 26.2 Å². The largest absolute Gasteiger partial charge is 0.391 e. The maximum Gasteiger partial charge on any atom is 0.268 e. The van der Waals surface area contributed by atoms with E-state index < -0.39 is 6.10 Å². The summed E-state index contributed by atoms with van der Waals surface area (Å²) < 4.78 is 0.851. The van der Waals surface area contributed by atoms with E-state index in [0.29, 0.717) is 5.69 Å². The number of nitrogens with one attached hydrogen (secondary N) is 2. The number of carbonyl (C=O) groups excluding carboxylic acids is 1. The number of amides is 1. The third kappa shape index (κ3) is 3.33. The van der Waals surface area contributed by atoms with Crippen LogP contribution in [0.2, 0.25) is 0 Å². The van der Waals surface area contributed by atoms with Crippen LogP contribution in [0.5, 0.6) is 0 Å². The number of aromatic nitrogens is 1. The Morgan fingerprint density at radius 3 is 2.88 bits per heavy atom. The fourth-order valence-corrected chi connectivity index (χ4v) is 2.54. The average molecular weight is 301 g/mol. The second-order valence-corrected chi connectivity index (χ2v) is 5.43. The SMILES string of the molecule is O=C(NC1CCCCCC1O)c1cc(Br)c[nH]1. The van der Waals surface area contributed by atoms with Gasteiger partial charge in [0.15, 0.2) is 0 Å². The van der Waals surface area contributed by atoms with Gasteiger partial charge < -0.3 is 15.4 Å². The first-order valence-electron chi connectivity index (χ1n) is 5.99. The van der Waals surface area contributed by atoms with Crippen LogP contribution >= 0.6 is 15.9 Å². The molecule has 5 heteroatoms. The Morgan fingerprint density at radius 1 is 1.41 bits per heavy atom. The Hall–Kier alpha value is -0.810. The molecule has 0 bridgehead atoms. The van der Waals surface area contributed by atoms with Gasteiger partial charge in [-0.3, -0.25) is 4.79 Å². The number of aliphatic hydroxyl groups excluding tert-OH is 1. The lowest BCUT2D eigenvalue weighted by molar-refractivity contribution is 0.0815. The Bertz CT molecular complexity index is 392. The highest BCUT2D eigenvalue weighted by molar-refractivity contribution is 9.10. The molecule has 4 nitrogen and oxygen atoms in total. The predicted octanol–water partition coefficient (Wildman–Crippen LogP) is 2.20. The summed E-state index contributed by atoms with van der Waals surface area (Å²) in [5, 5.41) is 12.8. The topological polar surface area (TPSA) is 65.1 Å². The molecule has 94 valence electrons. The number of hydrogen-bond donors (Lipinski definition) is 3. The highest BCUT2D eigenvalue weighted by Crippen LogP contribution is 2.18. The maximum atomic E-state index is 11.9. The number of carbonyl (C=O) groups is 1. The lowest BCUT2D eigenvalue weighted by Crippen LogP contribution is -2.42. The van der Waals surface area contributed by atoms with Crippen molar-refractivity contribution in [3.63, 3.8) is 0 Å². The average Bonchev–Trinajstić information content (AvgIpc) is 2.63. The molecular weight excluding hydrogens is 284 g/mol. The second kappa shape index (κ2) is 5.69. The first-order valence-corrected chi connectivity index (χ1v) is 6.79. The quantitative estimate of drug-likeness (QED) is 0.733. The molecule has 0 aromatic carbocycles. The highest BCUT2D eigenvalue weighted by Gasteiger charge is 2.23. The molecule has 1 aliphatic carbocycles. The Morgan fingerprint density at radius 2 is 2.18 bits per heavy atom. The smallest absolute Gasteiger partial charge is 0.268 e. The van der Waals surface area contributed by atoms with Crippen molar-refractivity contribution in [1.29, 1.82) is 0 Å². The van der Waals surface area contributed by atoms with E-state index >= 15 is 0 Å². The second-order valence-electron chi connectivity index (χ2n) is 4.52. The van der Waals surface area contributed by atoms with E-state index in [9.17, 15) is 9.90 Å². The standard InChI is InChI=1S/C12H17BrN2O2/c13-8-6-10(14-7-8)12(17)15-9-4-2-1-3-5-11(9)16/h6-7,9,11,14,16H,1-5H2,(H,15,17). The lowest BCUT2D eigenvalue weighted by atomic mass is 10.1. The summed E-state index contributed by atoms with van der Waals surface area (Å²) in [7, 11) is 0. The monoisotopic (exact) mass is 300 g/mol. The van der Waals surface area contributed by atoms with Crippen LogP contribution in [0.3, 0.4) is 0 Å². The number of aromatic amines is 1. The van der Waals surface area contributed by atoms with Crippen LogP contribution in [0.4, 0.5) is 0 Å². The summed E-state index contributed by atoms with van der Waals surface area (Å²) >= 11 is 3.29. The van der Waals surface area contributed by atoms with Gasteiger partial charge in [-0.05, 0) is 34.8 Å². The van der Waals surface area contributed by atoms with E-state index in [1.54, 1.807) is 12.3 Å². The Kier molecular flexibility index (Phi) is 4.23. The number of aliphatic hydroxyl groups is 1. The molecule has 1 amide bonds. The zero-order chi connectivity index (χ0) is 12.3. The summed E-state index contributed by atoms with van der Waals surface area (Å²) in [6.45, 7) is 0. The first kappa shape index (κ1) is 12.6. The van der Waals surface area contributed by atoms with Gasteiger partial charge in [-0.1, -0.05) is 19.3 Å². The molecule has 2 atom stereocenters. The molecule has 17 heavy (non-hydrogen) atoms. The number of hydrogen-bond acceptors (Lipinski definition) is 2. The molecule has 1 aromatic heterocycles. The van der Waals surface area contributed by atoms with Crippen molar-refractivity contribution < 1.29 is 9.90 Å². The summed E-state index contributed by atoms with van der Waals surface area (Å²) in [6.07, 6.45) is 6.18. The number of halogens is 1. The Balaban J connectivity index is 1.97. The summed E-state index contributed by atoms with van der Waals surface area (Å²) in [5.74, 6) is -0.151. The van der Waals surface area contributed by atoms with Gasteiger partial charge in [0.25, 0.3) is 5.91 Å². The van der Waals surface area contributed by atoms with Gasteiger partial charge in [0.05, 0.1) is 12.1 Å². The lowest BCUT2D eigenvalue weighted by Gasteiger charge is -2.21. The van der Waals surface area contributed by atoms with E-state index in [1.807, 2.05) is 0 Å². The van der Waals surface area contributed by atoms with E-state index in [1.165, 1.54) is 0 Å². The summed E-state index contributed by atoms with van der Waals surface area (Å²) in [4.78, 5) is 14.8. The molecule has 0 spiro atoms. The van der Waals surface area contributed by atoms with Crippen LogP contribution in [0.25, 0.3) is 0 Å². The molecule has 1 heterocycles. The van der Waals surface area contributed by atoms with Crippen LogP contribution < -0.4 is 5.32 Å². The van der Waals surface area contributed by atoms with Crippen LogP contribution in [0, 0.1) is 0 Å². The molecule has 1 aromatic rings. The molecule has 0 radical (unpaired) electrons. The third-order valence-electron chi connectivity index (χ3n) is 3.19. The van der Waals surface area contributed by atoms with Gasteiger partial charge in [-0.25, -0.2) is 0 Å². The molecule has 2 rings (SSSR count).